The summed E-state index contributed by atoms with van der Waals surface area (Å²) in [6, 6.07) is 21.7. The van der Waals surface area contributed by atoms with Crippen LogP contribution in [0.15, 0.2) is 82.7 Å². The van der Waals surface area contributed by atoms with Crippen molar-refractivity contribution in [3.8, 4) is 23.3 Å². The average Bonchev–Trinajstić information content (AvgIpc) is 2.84. The van der Waals surface area contributed by atoms with Crippen LogP contribution in [0.1, 0.15) is 47.2 Å². The van der Waals surface area contributed by atoms with Gasteiger partial charge in [-0.25, -0.2) is 4.79 Å². The van der Waals surface area contributed by atoms with Crippen molar-refractivity contribution in [1.29, 1.82) is 5.26 Å². The van der Waals surface area contributed by atoms with E-state index in [2.05, 4.69) is 28.9 Å². The molecule has 0 radical (unpaired) electrons. The molecule has 4 rings (SSSR count). The molecule has 3 aromatic carbocycles. The van der Waals surface area contributed by atoms with Crippen molar-refractivity contribution in [2.45, 2.75) is 25.7 Å². The Balaban J connectivity index is 1.56. The lowest BCUT2D eigenvalue weighted by atomic mass is 9.83. The van der Waals surface area contributed by atoms with Crippen LogP contribution in [0.2, 0.25) is 0 Å². The molecule has 7 heteroatoms. The minimum Gasteiger partial charge on any atom is -0.494 e. The van der Waals surface area contributed by atoms with E-state index in [0.29, 0.717) is 35.0 Å². The van der Waals surface area contributed by atoms with Gasteiger partial charge in [-0.1, -0.05) is 53.5 Å². The van der Waals surface area contributed by atoms with E-state index in [1.165, 1.54) is 0 Å². The highest BCUT2D eigenvalue weighted by molar-refractivity contribution is 9.10. The highest BCUT2D eigenvalue weighted by Gasteiger charge is 2.32. The van der Waals surface area contributed by atoms with Crippen molar-refractivity contribution >= 4 is 21.9 Å². The summed E-state index contributed by atoms with van der Waals surface area (Å²) >= 11 is 3.56. The van der Waals surface area contributed by atoms with E-state index in [9.17, 15) is 10.1 Å². The van der Waals surface area contributed by atoms with Gasteiger partial charge in [0.05, 0.1) is 18.1 Å². The molecule has 172 valence electrons. The fourth-order valence-corrected chi connectivity index (χ4v) is 4.23. The molecule has 0 saturated carbocycles. The quantitative estimate of drug-likeness (QED) is 0.232. The van der Waals surface area contributed by atoms with Crippen molar-refractivity contribution in [2.24, 2.45) is 5.73 Å². The van der Waals surface area contributed by atoms with Crippen LogP contribution in [0.25, 0.3) is 0 Å². The van der Waals surface area contributed by atoms with E-state index < -0.39 is 11.9 Å². The first-order valence-electron chi connectivity index (χ1n) is 10.9. The Labute approximate surface area is 206 Å². The molecular formula is C27H23BrN2O4. The lowest BCUT2D eigenvalue weighted by Crippen LogP contribution is -2.21. The number of ether oxygens (including phenoxy) is 3. The van der Waals surface area contributed by atoms with Crippen LogP contribution < -0.4 is 19.9 Å². The number of hydrogen-bond acceptors (Lipinski definition) is 6. The molecule has 0 aromatic heterocycles. The smallest absolute Gasteiger partial charge is 0.343 e. The summed E-state index contributed by atoms with van der Waals surface area (Å²) in [5, 5.41) is 9.73. The minimum atomic E-state index is -0.501. The van der Waals surface area contributed by atoms with E-state index in [4.69, 9.17) is 19.9 Å². The molecule has 0 saturated heterocycles. The van der Waals surface area contributed by atoms with Gasteiger partial charge >= 0.3 is 5.97 Å². The molecule has 1 atom stereocenters. The van der Waals surface area contributed by atoms with Gasteiger partial charge in [0.2, 0.25) is 5.88 Å². The third-order valence-corrected chi connectivity index (χ3v) is 6.20. The first kappa shape index (κ1) is 23.4. The van der Waals surface area contributed by atoms with Gasteiger partial charge in [0, 0.05) is 16.1 Å². The number of esters is 1. The molecule has 1 unspecified atom stereocenters. The van der Waals surface area contributed by atoms with Gasteiger partial charge in [0.15, 0.2) is 0 Å². The number of allylic oxidation sites excluding steroid dienone is 1. The summed E-state index contributed by atoms with van der Waals surface area (Å²) in [5.41, 5.74) is 8.45. The second-order valence-corrected chi connectivity index (χ2v) is 8.62. The zero-order chi connectivity index (χ0) is 24.1. The van der Waals surface area contributed by atoms with E-state index >= 15 is 0 Å². The van der Waals surface area contributed by atoms with Crippen molar-refractivity contribution in [3.05, 3.63) is 99.3 Å². The number of unbranched alkanes of at least 4 members (excludes halogenated alkanes) is 1. The Morgan fingerprint density at radius 2 is 1.82 bits per heavy atom. The Bertz CT molecular complexity index is 1280. The fraction of sp³-hybridized carbons (Fsp3) is 0.185. The van der Waals surface area contributed by atoms with E-state index in [1.807, 2.05) is 24.3 Å². The van der Waals surface area contributed by atoms with Gasteiger partial charge in [-0.05, 0) is 48.4 Å². The number of halogens is 1. The summed E-state index contributed by atoms with van der Waals surface area (Å²) in [6.07, 6.45) is 2.03. The summed E-state index contributed by atoms with van der Waals surface area (Å²) in [5.74, 6) is 0.570. The number of carbonyl (C=O) groups is 1. The molecule has 1 heterocycles. The summed E-state index contributed by atoms with van der Waals surface area (Å²) in [6.45, 7) is 2.74. The van der Waals surface area contributed by atoms with Crippen molar-refractivity contribution in [3.63, 3.8) is 0 Å². The SMILES string of the molecule is CCCCOc1ccc(C(=O)Oc2ccc3c(c2)OC(N)=C(C#N)C3c2ccccc2Br)cc1. The molecule has 0 aliphatic carbocycles. The highest BCUT2D eigenvalue weighted by atomic mass is 79.9. The topological polar surface area (TPSA) is 94.6 Å². The number of hydrogen-bond donors (Lipinski definition) is 1. The van der Waals surface area contributed by atoms with Gasteiger partial charge < -0.3 is 19.9 Å². The van der Waals surface area contributed by atoms with Crippen LogP contribution in [-0.4, -0.2) is 12.6 Å². The van der Waals surface area contributed by atoms with E-state index in [1.54, 1.807) is 42.5 Å². The first-order valence-corrected chi connectivity index (χ1v) is 11.7. The van der Waals surface area contributed by atoms with Gasteiger partial charge in [0.1, 0.15) is 28.9 Å². The third-order valence-electron chi connectivity index (χ3n) is 5.47. The van der Waals surface area contributed by atoms with Gasteiger partial charge in [0.25, 0.3) is 0 Å². The molecule has 6 nitrogen and oxygen atoms in total. The third kappa shape index (κ3) is 4.92. The molecule has 1 aliphatic heterocycles. The Morgan fingerprint density at radius 3 is 2.53 bits per heavy atom. The largest absolute Gasteiger partial charge is 0.494 e. The van der Waals surface area contributed by atoms with Crippen LogP contribution in [-0.2, 0) is 0 Å². The molecule has 0 fully saturated rings. The maximum Gasteiger partial charge on any atom is 0.343 e. The fourth-order valence-electron chi connectivity index (χ4n) is 3.72. The number of carbonyl (C=O) groups excluding carboxylic acids is 1. The molecular weight excluding hydrogens is 496 g/mol. The predicted octanol–water partition coefficient (Wildman–Crippen LogP) is 6.07. The minimum absolute atomic E-state index is 0.0258. The van der Waals surface area contributed by atoms with Crippen molar-refractivity contribution in [1.82, 2.24) is 0 Å². The average molecular weight is 519 g/mol. The number of fused-ring (bicyclic) bond motifs is 1. The monoisotopic (exact) mass is 518 g/mol. The maximum absolute atomic E-state index is 12.7. The molecule has 2 N–H and O–H groups in total. The first-order chi connectivity index (χ1) is 16.5. The Morgan fingerprint density at radius 1 is 1.09 bits per heavy atom. The van der Waals surface area contributed by atoms with Crippen molar-refractivity contribution < 1.29 is 19.0 Å². The second kappa shape index (κ2) is 10.4. The number of benzene rings is 3. The summed E-state index contributed by atoms with van der Waals surface area (Å²) in [7, 11) is 0. The highest BCUT2D eigenvalue weighted by Crippen LogP contribution is 2.45. The van der Waals surface area contributed by atoms with Crippen LogP contribution >= 0.6 is 15.9 Å². The number of nitrogens with zero attached hydrogens (tertiary/aromatic N) is 1. The zero-order valence-electron chi connectivity index (χ0n) is 18.6. The Hall–Kier alpha value is -3.76. The lowest BCUT2D eigenvalue weighted by molar-refractivity contribution is 0.0734. The number of nitriles is 1. The Kier molecular flexibility index (Phi) is 7.19. The molecule has 34 heavy (non-hydrogen) atoms. The van der Waals surface area contributed by atoms with E-state index in [0.717, 1.165) is 28.4 Å². The zero-order valence-corrected chi connectivity index (χ0v) is 20.2. The predicted molar refractivity (Wildman–Crippen MR) is 132 cm³/mol. The molecule has 0 amide bonds. The van der Waals surface area contributed by atoms with Gasteiger partial charge in [-0.3, -0.25) is 0 Å². The summed E-state index contributed by atoms with van der Waals surface area (Å²) in [4.78, 5) is 12.7. The van der Waals surface area contributed by atoms with Crippen LogP contribution in [0.4, 0.5) is 0 Å². The van der Waals surface area contributed by atoms with Gasteiger partial charge in [-0.2, -0.15) is 5.26 Å². The number of nitrogens with two attached hydrogens (primary N) is 1. The number of rotatable bonds is 7. The van der Waals surface area contributed by atoms with Crippen molar-refractivity contribution in [2.75, 3.05) is 6.61 Å². The normalized spacial score (nSPS) is 14.6. The maximum atomic E-state index is 12.7. The standard InChI is InChI=1S/C27H23BrN2O4/c1-2-3-14-32-18-10-8-17(9-11-18)27(31)33-19-12-13-21-24(15-19)34-26(30)22(16-29)25(21)20-6-4-5-7-23(20)28/h4-13,15,25H,2-3,14,30H2,1H3. The summed E-state index contributed by atoms with van der Waals surface area (Å²) < 4.78 is 17.8. The molecule has 0 bridgehead atoms. The van der Waals surface area contributed by atoms with E-state index in [-0.39, 0.29) is 5.88 Å². The molecule has 3 aromatic rings. The second-order valence-electron chi connectivity index (χ2n) is 7.76. The van der Waals surface area contributed by atoms with Crippen LogP contribution in [0.3, 0.4) is 0 Å². The van der Waals surface area contributed by atoms with Gasteiger partial charge in [-0.15, -0.1) is 0 Å². The molecule has 0 spiro atoms. The lowest BCUT2D eigenvalue weighted by Gasteiger charge is -2.27. The molecule has 1 aliphatic rings. The van der Waals surface area contributed by atoms with Crippen LogP contribution in [0.5, 0.6) is 17.2 Å². The van der Waals surface area contributed by atoms with Crippen LogP contribution in [0, 0.1) is 11.3 Å².